The summed E-state index contributed by atoms with van der Waals surface area (Å²) < 4.78 is 90.9. The second-order valence-electron chi connectivity index (χ2n) is 7.44. The normalized spacial score (nSPS) is 18.4. The Balaban J connectivity index is 1.61. The van der Waals surface area contributed by atoms with Gasteiger partial charge in [-0.25, -0.2) is 4.79 Å². The van der Waals surface area contributed by atoms with Gasteiger partial charge in [0.05, 0.1) is 11.6 Å². The van der Waals surface area contributed by atoms with E-state index in [1.54, 1.807) is 0 Å². The third-order valence-electron chi connectivity index (χ3n) is 4.86. The molecule has 1 fully saturated rings. The summed E-state index contributed by atoms with van der Waals surface area (Å²) in [4.78, 5) is 25.3. The van der Waals surface area contributed by atoms with Crippen molar-refractivity contribution in [1.82, 2.24) is 20.4 Å². The second kappa shape index (κ2) is 11.3. The Kier molecular flexibility index (Phi) is 8.57. The average molecular weight is 563 g/mol. The molecule has 0 radical (unpaired) electrons. The highest BCUT2D eigenvalue weighted by molar-refractivity contribution is 6.32. The first-order chi connectivity index (χ1) is 17.2. The molecular weight excluding hydrogens is 546 g/mol. The van der Waals surface area contributed by atoms with E-state index in [9.17, 15) is 41.0 Å². The molecule has 1 aromatic carbocycles. The summed E-state index contributed by atoms with van der Waals surface area (Å²) in [5, 5.41) is 18.9. The number of hydrogen-bond acceptors (Lipinski definition) is 8. The van der Waals surface area contributed by atoms with Crippen LogP contribution in [0.15, 0.2) is 22.6 Å². The number of hydrogen-bond donors (Lipinski definition) is 2. The highest BCUT2D eigenvalue weighted by Crippen LogP contribution is 2.33. The van der Waals surface area contributed by atoms with E-state index in [1.807, 2.05) is 0 Å². The zero-order valence-corrected chi connectivity index (χ0v) is 19.1. The number of carbonyl (C=O) groups is 2. The van der Waals surface area contributed by atoms with Crippen LogP contribution in [0.5, 0.6) is 11.8 Å². The number of rotatable bonds is 8. The van der Waals surface area contributed by atoms with E-state index in [4.69, 9.17) is 20.8 Å². The van der Waals surface area contributed by atoms with Crippen molar-refractivity contribution < 1.29 is 59.7 Å². The summed E-state index contributed by atoms with van der Waals surface area (Å²) in [6, 6.07) is 1.32. The Morgan fingerprint density at radius 3 is 2.51 bits per heavy atom. The molecule has 37 heavy (non-hydrogen) atoms. The van der Waals surface area contributed by atoms with Crippen LogP contribution < -0.4 is 14.8 Å². The molecule has 0 saturated carbocycles. The molecular formula is C19H17ClF6N4O7. The Hall–Kier alpha value is -3.47. The van der Waals surface area contributed by atoms with Crippen molar-refractivity contribution >= 4 is 23.6 Å². The third-order valence-corrected chi connectivity index (χ3v) is 5.18. The van der Waals surface area contributed by atoms with Gasteiger partial charge in [0.15, 0.2) is 0 Å². The fourth-order valence-electron chi connectivity index (χ4n) is 3.37. The summed E-state index contributed by atoms with van der Waals surface area (Å²) in [5.41, 5.74) is -0.208. The zero-order chi connectivity index (χ0) is 27.4. The molecule has 0 bridgehead atoms. The maximum absolute atomic E-state index is 12.6. The van der Waals surface area contributed by atoms with Crippen molar-refractivity contribution in [2.75, 3.05) is 19.8 Å². The number of ether oxygens (including phenoxy) is 3. The standard InChI is InChI=1S/C19H17ClF6N4O7/c20-11-3-1-9(7-13(11)37-19(24,25)26)14(31)27-10-2-4-12(30(8-10)17(32)33)15-28-29-16(36-15)34-5-6-35-18(21,22)23/h1,3,7,10,12H,2,4-6,8H2,(H,27,31)(H,32,33)/t10-,12+/m0/s1. The predicted octanol–water partition coefficient (Wildman–Crippen LogP) is 4.15. The molecule has 2 heterocycles. The first-order valence-corrected chi connectivity index (χ1v) is 10.6. The lowest BCUT2D eigenvalue weighted by atomic mass is 9.98. The van der Waals surface area contributed by atoms with Crippen LogP contribution in [0.2, 0.25) is 5.02 Å². The van der Waals surface area contributed by atoms with Crippen LogP contribution in [0.1, 0.15) is 35.1 Å². The van der Waals surface area contributed by atoms with Crippen LogP contribution in [-0.2, 0) is 4.74 Å². The topological polar surface area (TPSA) is 136 Å². The molecule has 1 aliphatic heterocycles. The van der Waals surface area contributed by atoms with E-state index < -0.39 is 61.8 Å². The minimum atomic E-state index is -5.03. The number of aromatic nitrogens is 2. The van der Waals surface area contributed by atoms with Gasteiger partial charge in [0.25, 0.3) is 5.91 Å². The number of carbonyl (C=O) groups excluding carboxylic acids is 1. The highest BCUT2D eigenvalue weighted by atomic mass is 35.5. The molecule has 2 aromatic rings. The van der Waals surface area contributed by atoms with E-state index in [0.29, 0.717) is 0 Å². The van der Waals surface area contributed by atoms with Crippen molar-refractivity contribution in [2.45, 2.75) is 37.7 Å². The molecule has 1 saturated heterocycles. The van der Waals surface area contributed by atoms with Crippen LogP contribution in [0.25, 0.3) is 0 Å². The second-order valence-corrected chi connectivity index (χ2v) is 7.85. The van der Waals surface area contributed by atoms with E-state index in [2.05, 4.69) is 25.0 Å². The first kappa shape index (κ1) is 28.1. The van der Waals surface area contributed by atoms with E-state index in [0.717, 1.165) is 17.0 Å². The van der Waals surface area contributed by atoms with Crippen molar-refractivity contribution in [2.24, 2.45) is 0 Å². The Morgan fingerprint density at radius 1 is 1.14 bits per heavy atom. The van der Waals surface area contributed by atoms with Gasteiger partial charge in [0.2, 0.25) is 5.89 Å². The van der Waals surface area contributed by atoms with Crippen LogP contribution in [0, 0.1) is 0 Å². The molecule has 18 heteroatoms. The van der Waals surface area contributed by atoms with Gasteiger partial charge in [-0.3, -0.25) is 14.4 Å². The minimum absolute atomic E-state index is 0.0825. The molecule has 1 aromatic heterocycles. The number of piperidine rings is 1. The molecule has 2 N–H and O–H groups in total. The van der Waals surface area contributed by atoms with Gasteiger partial charge in [-0.05, 0) is 31.0 Å². The molecule has 2 amide bonds. The van der Waals surface area contributed by atoms with E-state index in [1.165, 1.54) is 6.07 Å². The number of amides is 2. The van der Waals surface area contributed by atoms with Gasteiger partial charge in [-0.2, -0.15) is 0 Å². The van der Waals surface area contributed by atoms with Crippen LogP contribution in [-0.4, -0.2) is 70.7 Å². The monoisotopic (exact) mass is 562 g/mol. The Morgan fingerprint density at radius 2 is 1.86 bits per heavy atom. The number of benzene rings is 1. The summed E-state index contributed by atoms with van der Waals surface area (Å²) in [7, 11) is 0. The van der Waals surface area contributed by atoms with Gasteiger partial charge in [-0.1, -0.05) is 16.7 Å². The molecule has 0 aliphatic carbocycles. The summed E-state index contributed by atoms with van der Waals surface area (Å²) in [6.45, 7) is -1.66. The number of carboxylic acid groups (broad SMARTS) is 1. The highest BCUT2D eigenvalue weighted by Gasteiger charge is 2.37. The Bertz CT molecular complexity index is 1110. The molecule has 0 unspecified atom stereocenters. The maximum atomic E-state index is 12.6. The van der Waals surface area contributed by atoms with Gasteiger partial charge in [-0.15, -0.1) is 31.4 Å². The van der Waals surface area contributed by atoms with Crippen molar-refractivity contribution in [1.29, 1.82) is 0 Å². The molecule has 204 valence electrons. The summed E-state index contributed by atoms with van der Waals surface area (Å²) >= 11 is 5.67. The summed E-state index contributed by atoms with van der Waals surface area (Å²) in [6.07, 6.45) is -11.5. The lowest BCUT2D eigenvalue weighted by Gasteiger charge is -2.36. The van der Waals surface area contributed by atoms with Crippen molar-refractivity contribution in [3.05, 3.63) is 34.7 Å². The van der Waals surface area contributed by atoms with Crippen molar-refractivity contribution in [3.8, 4) is 11.8 Å². The number of likely N-dealkylation sites (tertiary alicyclic amines) is 1. The summed E-state index contributed by atoms with van der Waals surface area (Å²) in [5.74, 6) is -1.77. The Labute approximate surface area is 208 Å². The maximum Gasteiger partial charge on any atom is 0.573 e. The van der Waals surface area contributed by atoms with Gasteiger partial charge in [0, 0.05) is 18.2 Å². The quantitative estimate of drug-likeness (QED) is 0.359. The van der Waals surface area contributed by atoms with Crippen LogP contribution >= 0.6 is 11.6 Å². The molecule has 2 atom stereocenters. The van der Waals surface area contributed by atoms with Crippen LogP contribution in [0.3, 0.4) is 0 Å². The molecule has 0 spiro atoms. The van der Waals surface area contributed by atoms with Gasteiger partial charge < -0.3 is 24.3 Å². The van der Waals surface area contributed by atoms with Crippen molar-refractivity contribution in [3.63, 3.8) is 0 Å². The fraction of sp³-hybridized carbons (Fsp3) is 0.474. The number of nitrogens with one attached hydrogen (secondary N) is 1. The number of halogens is 7. The number of nitrogens with zero attached hydrogens (tertiary/aromatic N) is 3. The SMILES string of the molecule is O=C(N[C@H]1CC[C@H](c2nnc(OCCOC(F)(F)F)o2)N(C(=O)O)C1)c1ccc(Cl)c(OC(F)(F)F)c1. The average Bonchev–Trinajstić information content (AvgIpc) is 3.25. The fourth-order valence-corrected chi connectivity index (χ4v) is 3.53. The van der Waals surface area contributed by atoms with Crippen LogP contribution in [0.4, 0.5) is 31.1 Å². The zero-order valence-electron chi connectivity index (χ0n) is 18.3. The largest absolute Gasteiger partial charge is 0.573 e. The van der Waals surface area contributed by atoms with E-state index in [-0.39, 0.29) is 35.9 Å². The smallest absolute Gasteiger partial charge is 0.465 e. The lowest BCUT2D eigenvalue weighted by molar-refractivity contribution is -0.325. The molecule has 3 rings (SSSR count). The predicted molar refractivity (Wildman–Crippen MR) is 108 cm³/mol. The third kappa shape index (κ3) is 8.28. The van der Waals surface area contributed by atoms with E-state index >= 15 is 0 Å². The molecule has 11 nitrogen and oxygen atoms in total. The minimum Gasteiger partial charge on any atom is -0.465 e. The van der Waals surface area contributed by atoms with Gasteiger partial charge in [0.1, 0.15) is 18.4 Å². The molecule has 1 aliphatic rings. The lowest BCUT2D eigenvalue weighted by Crippen LogP contribution is -2.50. The number of alkyl halides is 6. The first-order valence-electron chi connectivity index (χ1n) is 10.2. The van der Waals surface area contributed by atoms with Gasteiger partial charge >= 0.3 is 24.9 Å².